The van der Waals surface area contributed by atoms with Crippen LogP contribution in [0, 0.1) is 0 Å². The standard InChI is InChI=1S/C26H21F3N4O3/c1-31-25(35)23-13-21(8-9-32-23)36-20-7-5-15-2-3-16(10-18(15)11-20)24(34)33-19-6-4-17(14-30)22(12-19)26(27,28)29/h2-13H,14,30H2,1H3,(H,31,35)(H,33,34). The van der Waals surface area contributed by atoms with E-state index < -0.39 is 17.6 Å². The predicted octanol–water partition coefficient (Wildman–Crippen LogP) is 5.12. The molecule has 0 aliphatic carbocycles. The number of carbonyl (C=O) groups excluding carboxylic acids is 2. The van der Waals surface area contributed by atoms with Crippen LogP contribution in [0.25, 0.3) is 10.8 Å². The van der Waals surface area contributed by atoms with Crippen LogP contribution in [0.4, 0.5) is 18.9 Å². The quantitative estimate of drug-likeness (QED) is 0.345. The molecule has 0 aliphatic rings. The third-order valence-corrected chi connectivity index (χ3v) is 5.39. The number of hydrogen-bond acceptors (Lipinski definition) is 5. The molecule has 3 aromatic carbocycles. The van der Waals surface area contributed by atoms with E-state index in [1.807, 2.05) is 0 Å². The highest BCUT2D eigenvalue weighted by molar-refractivity contribution is 6.06. The summed E-state index contributed by atoms with van der Waals surface area (Å²) >= 11 is 0. The molecule has 0 atom stereocenters. The Morgan fingerprint density at radius 1 is 0.917 bits per heavy atom. The molecule has 0 saturated carbocycles. The van der Waals surface area contributed by atoms with Crippen LogP contribution in [0.15, 0.2) is 72.9 Å². The first-order valence-corrected chi connectivity index (χ1v) is 10.8. The molecule has 0 radical (unpaired) electrons. The van der Waals surface area contributed by atoms with Crippen molar-refractivity contribution in [3.05, 3.63) is 95.3 Å². The Morgan fingerprint density at radius 2 is 1.67 bits per heavy atom. The number of aromatic nitrogens is 1. The summed E-state index contributed by atoms with van der Waals surface area (Å²) in [5.41, 5.74) is 4.92. The lowest BCUT2D eigenvalue weighted by atomic mass is 10.0. The van der Waals surface area contributed by atoms with Gasteiger partial charge in [-0.25, -0.2) is 0 Å². The smallest absolute Gasteiger partial charge is 0.416 e. The molecule has 7 nitrogen and oxygen atoms in total. The van der Waals surface area contributed by atoms with Gasteiger partial charge in [-0.15, -0.1) is 0 Å². The average Bonchev–Trinajstić information content (AvgIpc) is 2.87. The first-order chi connectivity index (χ1) is 17.2. The number of fused-ring (bicyclic) bond motifs is 1. The van der Waals surface area contributed by atoms with Crippen LogP contribution in [-0.2, 0) is 12.7 Å². The summed E-state index contributed by atoms with van der Waals surface area (Å²) in [6, 6.07) is 16.8. The highest BCUT2D eigenvalue weighted by Crippen LogP contribution is 2.34. The van der Waals surface area contributed by atoms with E-state index in [9.17, 15) is 22.8 Å². The first kappa shape index (κ1) is 24.7. The Bertz CT molecular complexity index is 1450. The topological polar surface area (TPSA) is 106 Å². The normalized spacial score (nSPS) is 11.2. The number of alkyl halides is 3. The minimum absolute atomic E-state index is 0.00585. The molecular weight excluding hydrogens is 473 g/mol. The number of nitrogens with one attached hydrogen (secondary N) is 2. The lowest BCUT2D eigenvalue weighted by Gasteiger charge is -2.14. The number of nitrogens with zero attached hydrogens (tertiary/aromatic N) is 1. The zero-order valence-corrected chi connectivity index (χ0v) is 19.0. The van der Waals surface area contributed by atoms with E-state index in [2.05, 4.69) is 15.6 Å². The van der Waals surface area contributed by atoms with Crippen LogP contribution in [0.2, 0.25) is 0 Å². The summed E-state index contributed by atoms with van der Waals surface area (Å²) < 4.78 is 45.8. The minimum Gasteiger partial charge on any atom is -0.457 e. The van der Waals surface area contributed by atoms with Crippen molar-refractivity contribution in [3.8, 4) is 11.5 Å². The maximum absolute atomic E-state index is 13.3. The van der Waals surface area contributed by atoms with Crippen molar-refractivity contribution in [2.45, 2.75) is 12.7 Å². The molecule has 4 aromatic rings. The maximum atomic E-state index is 13.3. The molecule has 1 aromatic heterocycles. The van der Waals surface area contributed by atoms with Gasteiger partial charge in [-0.05, 0) is 58.8 Å². The summed E-state index contributed by atoms with van der Waals surface area (Å²) in [4.78, 5) is 28.6. The highest BCUT2D eigenvalue weighted by Gasteiger charge is 2.33. The van der Waals surface area contributed by atoms with Crippen molar-refractivity contribution >= 4 is 28.3 Å². The third-order valence-electron chi connectivity index (χ3n) is 5.39. The lowest BCUT2D eigenvalue weighted by molar-refractivity contribution is -0.138. The van der Waals surface area contributed by atoms with Gasteiger partial charge in [-0.2, -0.15) is 13.2 Å². The zero-order chi connectivity index (χ0) is 25.9. The number of hydrogen-bond donors (Lipinski definition) is 3. The Kier molecular flexibility index (Phi) is 6.89. The monoisotopic (exact) mass is 494 g/mol. The van der Waals surface area contributed by atoms with Gasteiger partial charge in [-0.1, -0.05) is 18.2 Å². The van der Waals surface area contributed by atoms with E-state index in [4.69, 9.17) is 10.5 Å². The van der Waals surface area contributed by atoms with Gasteiger partial charge in [0.05, 0.1) is 5.56 Å². The van der Waals surface area contributed by atoms with Crippen molar-refractivity contribution in [3.63, 3.8) is 0 Å². The fourth-order valence-electron chi connectivity index (χ4n) is 3.59. The number of rotatable bonds is 6. The molecule has 0 bridgehead atoms. The average molecular weight is 494 g/mol. The molecule has 1 heterocycles. The van der Waals surface area contributed by atoms with Gasteiger partial charge >= 0.3 is 6.18 Å². The summed E-state index contributed by atoms with van der Waals surface area (Å²) in [5.74, 6) is -0.0598. The SMILES string of the molecule is CNC(=O)c1cc(Oc2ccc3ccc(C(=O)Nc4ccc(CN)c(C(F)(F)F)c4)cc3c2)ccn1. The molecule has 4 N–H and O–H groups in total. The Labute approximate surface area is 204 Å². The minimum atomic E-state index is -4.59. The van der Waals surface area contributed by atoms with E-state index in [0.29, 0.717) is 16.9 Å². The van der Waals surface area contributed by atoms with Crippen LogP contribution in [0.5, 0.6) is 11.5 Å². The van der Waals surface area contributed by atoms with E-state index in [-0.39, 0.29) is 35.0 Å². The van der Waals surface area contributed by atoms with Gasteiger partial charge in [0, 0.05) is 37.1 Å². The summed E-state index contributed by atoms with van der Waals surface area (Å²) in [5, 5.41) is 6.50. The van der Waals surface area contributed by atoms with Crippen LogP contribution in [-0.4, -0.2) is 23.8 Å². The van der Waals surface area contributed by atoms with Crippen LogP contribution < -0.4 is 21.1 Å². The first-order valence-electron chi connectivity index (χ1n) is 10.8. The zero-order valence-electron chi connectivity index (χ0n) is 19.0. The molecule has 0 fully saturated rings. The number of nitrogens with two attached hydrogens (primary N) is 1. The molecule has 0 spiro atoms. The van der Waals surface area contributed by atoms with E-state index in [1.54, 1.807) is 42.5 Å². The lowest BCUT2D eigenvalue weighted by Crippen LogP contribution is -2.18. The molecular formula is C26H21F3N4O3. The predicted molar refractivity (Wildman–Crippen MR) is 129 cm³/mol. The number of anilines is 1. The van der Waals surface area contributed by atoms with Crippen molar-refractivity contribution in [1.82, 2.24) is 10.3 Å². The van der Waals surface area contributed by atoms with Gasteiger partial charge in [0.1, 0.15) is 17.2 Å². The third kappa shape index (κ3) is 5.44. The fraction of sp³-hybridized carbons (Fsp3) is 0.115. The number of halogens is 3. The number of benzene rings is 3. The van der Waals surface area contributed by atoms with Crippen molar-refractivity contribution in [2.24, 2.45) is 5.73 Å². The second kappa shape index (κ2) is 10.0. The van der Waals surface area contributed by atoms with E-state index >= 15 is 0 Å². The molecule has 0 saturated heterocycles. The largest absolute Gasteiger partial charge is 0.457 e. The number of carbonyl (C=O) groups is 2. The molecule has 2 amide bonds. The molecule has 4 rings (SSSR count). The molecule has 36 heavy (non-hydrogen) atoms. The van der Waals surface area contributed by atoms with Crippen molar-refractivity contribution in [2.75, 3.05) is 12.4 Å². The summed E-state index contributed by atoms with van der Waals surface area (Å²) in [6.07, 6.45) is -3.14. The molecule has 184 valence electrons. The Hall–Kier alpha value is -4.44. The van der Waals surface area contributed by atoms with Gasteiger partial charge in [0.15, 0.2) is 0 Å². The number of amides is 2. The van der Waals surface area contributed by atoms with Crippen LogP contribution in [0.1, 0.15) is 32.0 Å². The molecule has 0 aliphatic heterocycles. The Balaban J connectivity index is 1.57. The highest BCUT2D eigenvalue weighted by atomic mass is 19.4. The van der Waals surface area contributed by atoms with Crippen LogP contribution in [0.3, 0.4) is 0 Å². The second-order valence-electron chi connectivity index (χ2n) is 7.81. The van der Waals surface area contributed by atoms with Gasteiger partial charge in [0.2, 0.25) is 0 Å². The fourth-order valence-corrected chi connectivity index (χ4v) is 3.59. The van der Waals surface area contributed by atoms with Crippen molar-refractivity contribution in [1.29, 1.82) is 0 Å². The van der Waals surface area contributed by atoms with Crippen LogP contribution >= 0.6 is 0 Å². The van der Waals surface area contributed by atoms with Gasteiger partial charge < -0.3 is 21.1 Å². The second-order valence-corrected chi connectivity index (χ2v) is 7.81. The van der Waals surface area contributed by atoms with E-state index in [0.717, 1.165) is 11.5 Å². The number of ether oxygens (including phenoxy) is 1. The van der Waals surface area contributed by atoms with Gasteiger partial charge in [0.25, 0.3) is 11.8 Å². The number of pyridine rings is 1. The Morgan fingerprint density at radius 3 is 2.39 bits per heavy atom. The summed E-state index contributed by atoms with van der Waals surface area (Å²) in [6.45, 7) is -0.273. The molecule has 0 unspecified atom stereocenters. The van der Waals surface area contributed by atoms with Crippen molar-refractivity contribution < 1.29 is 27.5 Å². The van der Waals surface area contributed by atoms with Gasteiger partial charge in [-0.3, -0.25) is 14.6 Å². The van der Waals surface area contributed by atoms with E-state index in [1.165, 1.54) is 31.4 Å². The summed E-state index contributed by atoms with van der Waals surface area (Å²) in [7, 11) is 1.50. The molecule has 10 heteroatoms. The maximum Gasteiger partial charge on any atom is 0.416 e.